The van der Waals surface area contributed by atoms with Gasteiger partial charge in [-0.3, -0.25) is 0 Å². The fourth-order valence-electron chi connectivity index (χ4n) is 1.86. The number of aromatic nitrogens is 2. The summed E-state index contributed by atoms with van der Waals surface area (Å²) in [5, 5.41) is 2.82. The van der Waals surface area contributed by atoms with E-state index in [1.165, 1.54) is 18.5 Å². The molecule has 6 heteroatoms. The van der Waals surface area contributed by atoms with Crippen LogP contribution in [-0.2, 0) is 0 Å². The quantitative estimate of drug-likeness (QED) is 0.910. The zero-order valence-corrected chi connectivity index (χ0v) is 11.4. The second-order valence-electron chi connectivity index (χ2n) is 4.18. The van der Waals surface area contributed by atoms with Crippen molar-refractivity contribution in [3.63, 3.8) is 0 Å². The van der Waals surface area contributed by atoms with Crippen LogP contribution in [0.25, 0.3) is 0 Å². The molecule has 4 nitrogen and oxygen atoms in total. The van der Waals surface area contributed by atoms with Crippen molar-refractivity contribution in [3.8, 4) is 0 Å². The first-order valence-electron chi connectivity index (χ1n) is 6.43. The van der Waals surface area contributed by atoms with E-state index >= 15 is 0 Å². The Morgan fingerprint density at radius 1 is 1.10 bits per heavy atom. The summed E-state index contributed by atoms with van der Waals surface area (Å²) in [6.07, 6.45) is 1.41. The fourth-order valence-corrected chi connectivity index (χ4v) is 1.86. The fraction of sp³-hybridized carbons (Fsp3) is 0.286. The lowest BCUT2D eigenvalue weighted by atomic mass is 10.3. The molecule has 0 bridgehead atoms. The summed E-state index contributed by atoms with van der Waals surface area (Å²) in [6.45, 7) is 5.69. The Morgan fingerprint density at radius 3 is 2.50 bits per heavy atom. The molecule has 0 saturated carbocycles. The average Bonchev–Trinajstić information content (AvgIpc) is 2.44. The molecule has 0 radical (unpaired) electrons. The summed E-state index contributed by atoms with van der Waals surface area (Å²) in [5.41, 5.74) is 0.176. The molecule has 1 aromatic heterocycles. The Hall–Kier alpha value is -2.24. The van der Waals surface area contributed by atoms with E-state index in [1.54, 1.807) is 6.07 Å². The van der Waals surface area contributed by atoms with E-state index < -0.39 is 11.6 Å². The molecule has 0 fully saturated rings. The topological polar surface area (TPSA) is 41.0 Å². The number of halogens is 2. The molecule has 1 aromatic carbocycles. The number of hydrogen-bond donors (Lipinski definition) is 1. The van der Waals surface area contributed by atoms with Gasteiger partial charge in [-0.2, -0.15) is 0 Å². The van der Waals surface area contributed by atoms with Crippen molar-refractivity contribution in [3.05, 3.63) is 42.2 Å². The molecule has 0 aliphatic heterocycles. The minimum atomic E-state index is -0.659. The highest BCUT2D eigenvalue weighted by molar-refractivity contribution is 5.59. The normalized spacial score (nSPS) is 10.4. The third-order valence-corrected chi connectivity index (χ3v) is 2.93. The van der Waals surface area contributed by atoms with Gasteiger partial charge in [-0.25, -0.2) is 18.7 Å². The third-order valence-electron chi connectivity index (χ3n) is 2.93. The molecule has 20 heavy (non-hydrogen) atoms. The van der Waals surface area contributed by atoms with Crippen LogP contribution < -0.4 is 10.2 Å². The molecule has 0 unspecified atom stereocenters. The zero-order valence-electron chi connectivity index (χ0n) is 11.4. The first-order chi connectivity index (χ1) is 9.63. The van der Waals surface area contributed by atoms with Crippen LogP contribution in [-0.4, -0.2) is 23.1 Å². The number of anilines is 3. The lowest BCUT2D eigenvalue weighted by molar-refractivity contribution is 0.586. The molecule has 0 saturated heterocycles. The van der Waals surface area contributed by atoms with Gasteiger partial charge in [0.25, 0.3) is 0 Å². The van der Waals surface area contributed by atoms with Gasteiger partial charge >= 0.3 is 0 Å². The molecular formula is C14H16F2N4. The summed E-state index contributed by atoms with van der Waals surface area (Å²) in [6, 6.07) is 5.09. The number of benzene rings is 1. The summed E-state index contributed by atoms with van der Waals surface area (Å²) >= 11 is 0. The highest BCUT2D eigenvalue weighted by Gasteiger charge is 2.08. The van der Waals surface area contributed by atoms with E-state index in [1.807, 2.05) is 18.7 Å². The molecule has 0 aliphatic rings. The molecule has 0 atom stereocenters. The predicted octanol–water partition coefficient (Wildman–Crippen LogP) is 3.34. The lowest BCUT2D eigenvalue weighted by Crippen LogP contribution is -2.23. The van der Waals surface area contributed by atoms with Crippen molar-refractivity contribution in [1.82, 2.24) is 9.97 Å². The van der Waals surface area contributed by atoms with Crippen molar-refractivity contribution in [2.24, 2.45) is 0 Å². The van der Waals surface area contributed by atoms with Gasteiger partial charge in [0.2, 0.25) is 0 Å². The van der Waals surface area contributed by atoms with E-state index in [0.717, 1.165) is 25.0 Å². The van der Waals surface area contributed by atoms with Gasteiger partial charge in [-0.05, 0) is 26.0 Å². The van der Waals surface area contributed by atoms with E-state index in [4.69, 9.17) is 0 Å². The molecular weight excluding hydrogens is 262 g/mol. The van der Waals surface area contributed by atoms with E-state index in [9.17, 15) is 8.78 Å². The van der Waals surface area contributed by atoms with Crippen LogP contribution >= 0.6 is 0 Å². The second kappa shape index (κ2) is 6.27. The number of rotatable bonds is 5. The zero-order chi connectivity index (χ0) is 14.5. The molecule has 0 aliphatic carbocycles. The van der Waals surface area contributed by atoms with E-state index in [0.29, 0.717) is 5.82 Å². The summed E-state index contributed by atoms with van der Waals surface area (Å²) in [7, 11) is 0. The lowest BCUT2D eigenvalue weighted by Gasteiger charge is -2.19. The smallest absolute Gasteiger partial charge is 0.149 e. The van der Waals surface area contributed by atoms with E-state index in [-0.39, 0.29) is 5.69 Å². The molecule has 2 aromatic rings. The SMILES string of the molecule is CCN(CC)c1cc(Nc2ccc(F)cc2F)ncn1. The highest BCUT2D eigenvalue weighted by atomic mass is 19.1. The van der Waals surface area contributed by atoms with Gasteiger partial charge in [0.15, 0.2) is 0 Å². The summed E-state index contributed by atoms with van der Waals surface area (Å²) < 4.78 is 26.4. The predicted molar refractivity (Wildman–Crippen MR) is 75.2 cm³/mol. The maximum atomic E-state index is 13.6. The largest absolute Gasteiger partial charge is 0.357 e. The van der Waals surface area contributed by atoms with Gasteiger partial charge in [0, 0.05) is 25.2 Å². The molecule has 0 spiro atoms. The van der Waals surface area contributed by atoms with Crippen molar-refractivity contribution < 1.29 is 8.78 Å². The average molecular weight is 278 g/mol. The van der Waals surface area contributed by atoms with Gasteiger partial charge in [0.05, 0.1) is 5.69 Å². The first-order valence-corrected chi connectivity index (χ1v) is 6.43. The molecule has 2 rings (SSSR count). The molecule has 0 amide bonds. The van der Waals surface area contributed by atoms with Crippen LogP contribution in [0.2, 0.25) is 0 Å². The molecule has 1 heterocycles. The highest BCUT2D eigenvalue weighted by Crippen LogP contribution is 2.21. The monoisotopic (exact) mass is 278 g/mol. The Kier molecular flexibility index (Phi) is 4.45. The molecule has 1 N–H and O–H groups in total. The number of hydrogen-bond acceptors (Lipinski definition) is 4. The van der Waals surface area contributed by atoms with Crippen molar-refractivity contribution in [1.29, 1.82) is 0 Å². The Balaban J connectivity index is 2.23. The van der Waals surface area contributed by atoms with Gasteiger partial charge in [-0.1, -0.05) is 0 Å². The van der Waals surface area contributed by atoms with Gasteiger partial charge in [-0.15, -0.1) is 0 Å². The van der Waals surface area contributed by atoms with Crippen LogP contribution in [0.1, 0.15) is 13.8 Å². The number of nitrogens with zero attached hydrogens (tertiary/aromatic N) is 3. The van der Waals surface area contributed by atoms with Crippen molar-refractivity contribution in [2.45, 2.75) is 13.8 Å². The maximum Gasteiger partial charge on any atom is 0.149 e. The Bertz CT molecular complexity index is 585. The van der Waals surface area contributed by atoms with Gasteiger partial charge in [0.1, 0.15) is 29.6 Å². The van der Waals surface area contributed by atoms with Crippen LogP contribution in [0, 0.1) is 11.6 Å². The van der Waals surface area contributed by atoms with Crippen molar-refractivity contribution >= 4 is 17.3 Å². The second-order valence-corrected chi connectivity index (χ2v) is 4.18. The van der Waals surface area contributed by atoms with Crippen molar-refractivity contribution in [2.75, 3.05) is 23.3 Å². The maximum absolute atomic E-state index is 13.6. The number of nitrogens with one attached hydrogen (secondary N) is 1. The van der Waals surface area contributed by atoms with Gasteiger partial charge < -0.3 is 10.2 Å². The van der Waals surface area contributed by atoms with Crippen LogP contribution in [0.5, 0.6) is 0 Å². The van der Waals surface area contributed by atoms with Crippen LogP contribution in [0.15, 0.2) is 30.6 Å². The Labute approximate surface area is 116 Å². The summed E-state index contributed by atoms with van der Waals surface area (Å²) in [4.78, 5) is 10.3. The standard InChI is InChI=1S/C14H16F2N4/c1-3-20(4-2)14-8-13(17-9-18-14)19-12-6-5-10(15)7-11(12)16/h5-9H,3-4H2,1-2H3,(H,17,18,19). The van der Waals surface area contributed by atoms with Crippen LogP contribution in [0.4, 0.5) is 26.1 Å². The minimum Gasteiger partial charge on any atom is -0.357 e. The Morgan fingerprint density at radius 2 is 1.85 bits per heavy atom. The minimum absolute atomic E-state index is 0.176. The molecule has 106 valence electrons. The first kappa shape index (κ1) is 14.2. The van der Waals surface area contributed by atoms with Crippen LogP contribution in [0.3, 0.4) is 0 Å². The van der Waals surface area contributed by atoms with E-state index in [2.05, 4.69) is 15.3 Å². The third kappa shape index (κ3) is 3.20. The summed E-state index contributed by atoms with van der Waals surface area (Å²) in [5.74, 6) is -0.0463.